The zero-order chi connectivity index (χ0) is 23.5. The smallest absolute Gasteiger partial charge is 0.243 e. The van der Waals surface area contributed by atoms with Crippen molar-refractivity contribution in [3.05, 3.63) is 69.7 Å². The Bertz CT molecular complexity index is 859. The maximum atomic E-state index is 13.3. The van der Waals surface area contributed by atoms with Crippen LogP contribution in [-0.2, 0) is 21.9 Å². The molecule has 0 fully saturated rings. The molecule has 2 aromatic carbocycles. The molecule has 0 aliphatic carbocycles. The molecule has 7 heteroatoms. The van der Waals surface area contributed by atoms with Crippen LogP contribution in [0.15, 0.2) is 48.5 Å². The summed E-state index contributed by atoms with van der Waals surface area (Å²) in [5, 5.41) is 4.00. The summed E-state index contributed by atoms with van der Waals surface area (Å²) in [6.07, 6.45) is 1.67. The lowest BCUT2D eigenvalue weighted by Crippen LogP contribution is -2.50. The van der Waals surface area contributed by atoms with Crippen LogP contribution in [0.25, 0.3) is 0 Å². The third-order valence-corrected chi connectivity index (χ3v) is 7.09. The monoisotopic (exact) mass is 494 g/mol. The highest BCUT2D eigenvalue weighted by molar-refractivity contribution is 7.98. The van der Waals surface area contributed by atoms with Crippen LogP contribution >= 0.6 is 35.0 Å². The molecule has 0 spiro atoms. The lowest BCUT2D eigenvalue weighted by Gasteiger charge is -2.32. The van der Waals surface area contributed by atoms with E-state index < -0.39 is 6.04 Å². The van der Waals surface area contributed by atoms with Crippen LogP contribution in [-0.4, -0.2) is 34.6 Å². The summed E-state index contributed by atoms with van der Waals surface area (Å²) in [4.78, 5) is 27.9. The van der Waals surface area contributed by atoms with Gasteiger partial charge in [0.1, 0.15) is 6.04 Å². The molecule has 2 aromatic rings. The van der Waals surface area contributed by atoms with Gasteiger partial charge in [0.25, 0.3) is 0 Å². The van der Waals surface area contributed by atoms with Crippen LogP contribution in [0.4, 0.5) is 0 Å². The largest absolute Gasteiger partial charge is 0.352 e. The van der Waals surface area contributed by atoms with E-state index in [1.807, 2.05) is 39.0 Å². The van der Waals surface area contributed by atoms with E-state index in [9.17, 15) is 9.59 Å². The van der Waals surface area contributed by atoms with Gasteiger partial charge in [-0.3, -0.25) is 9.59 Å². The Morgan fingerprint density at radius 2 is 1.66 bits per heavy atom. The Balaban J connectivity index is 2.14. The molecule has 0 saturated heterocycles. The Hall–Kier alpha value is -1.69. The minimum absolute atomic E-state index is 0.0406. The highest BCUT2D eigenvalue weighted by Gasteiger charge is 2.30. The summed E-state index contributed by atoms with van der Waals surface area (Å²) < 4.78 is 0. The number of hydrogen-bond acceptors (Lipinski definition) is 3. The summed E-state index contributed by atoms with van der Waals surface area (Å²) in [7, 11) is 0. The van der Waals surface area contributed by atoms with Gasteiger partial charge in [-0.2, -0.15) is 11.8 Å². The summed E-state index contributed by atoms with van der Waals surface area (Å²) >= 11 is 14.5. The predicted octanol–water partition coefficient (Wildman–Crippen LogP) is 6.34. The highest BCUT2D eigenvalue weighted by atomic mass is 35.5. The molecule has 0 saturated carbocycles. The molecule has 0 aliphatic heterocycles. The minimum Gasteiger partial charge on any atom is -0.352 e. The third-order valence-electron chi connectivity index (χ3n) is 5.35. The van der Waals surface area contributed by atoms with Crippen LogP contribution < -0.4 is 5.32 Å². The molecule has 2 atom stereocenters. The molecule has 0 aliphatic rings. The van der Waals surface area contributed by atoms with Crippen molar-refractivity contribution in [3.63, 3.8) is 0 Å². The topological polar surface area (TPSA) is 49.4 Å². The molecular weight excluding hydrogens is 463 g/mol. The van der Waals surface area contributed by atoms with Gasteiger partial charge in [-0.1, -0.05) is 73.4 Å². The van der Waals surface area contributed by atoms with Crippen molar-refractivity contribution in [2.24, 2.45) is 0 Å². The number of amides is 2. The average Bonchev–Trinajstić information content (AvgIpc) is 2.78. The Morgan fingerprint density at radius 1 is 1.00 bits per heavy atom. The second-order valence-electron chi connectivity index (χ2n) is 7.75. The number of halogens is 2. The first-order valence-electron chi connectivity index (χ1n) is 11.0. The lowest BCUT2D eigenvalue weighted by molar-refractivity contribution is -0.141. The van der Waals surface area contributed by atoms with Gasteiger partial charge in [0, 0.05) is 46.1 Å². The van der Waals surface area contributed by atoms with Gasteiger partial charge in [-0.15, -0.1) is 0 Å². The number of carbonyl (C=O) groups excluding carboxylic acids is 2. The minimum atomic E-state index is -0.581. The van der Waals surface area contributed by atoms with Gasteiger partial charge in [0.15, 0.2) is 0 Å². The fraction of sp³-hybridized carbons (Fsp3) is 0.440. The van der Waals surface area contributed by atoms with Gasteiger partial charge in [-0.05, 0) is 37.5 Å². The number of benzene rings is 2. The molecule has 2 amide bonds. The number of carbonyl (C=O) groups is 2. The normalized spacial score (nSPS) is 12.8. The first-order chi connectivity index (χ1) is 15.4. The molecule has 0 heterocycles. The van der Waals surface area contributed by atoms with E-state index in [1.54, 1.807) is 34.9 Å². The quantitative estimate of drug-likeness (QED) is 0.350. The number of hydrogen-bond donors (Lipinski definition) is 1. The molecule has 2 unspecified atom stereocenters. The first kappa shape index (κ1) is 26.6. The summed E-state index contributed by atoms with van der Waals surface area (Å²) in [5.41, 5.74) is 1.89. The van der Waals surface area contributed by atoms with Gasteiger partial charge in [0.05, 0.1) is 0 Å². The van der Waals surface area contributed by atoms with Gasteiger partial charge >= 0.3 is 0 Å². The standard InChI is InChI=1S/C25H32Cl2N2O2S/c1-4-18(3)28-25(31)23(5-2)29(16-20-21(26)12-9-13-22(20)27)24(30)14-15-32-17-19-10-7-6-8-11-19/h6-13,18,23H,4-5,14-17H2,1-3H3,(H,28,31). The van der Waals surface area contributed by atoms with Crippen molar-refractivity contribution < 1.29 is 9.59 Å². The second kappa shape index (κ2) is 13.8. The van der Waals surface area contributed by atoms with E-state index in [2.05, 4.69) is 17.4 Å². The fourth-order valence-electron chi connectivity index (χ4n) is 3.28. The van der Waals surface area contributed by atoms with Crippen molar-refractivity contribution >= 4 is 46.8 Å². The molecule has 0 bridgehead atoms. The first-order valence-corrected chi connectivity index (χ1v) is 12.9. The summed E-state index contributed by atoms with van der Waals surface area (Å²) in [5.74, 6) is 1.29. The molecule has 0 radical (unpaired) electrons. The van der Waals surface area contributed by atoms with E-state index in [0.29, 0.717) is 34.2 Å². The van der Waals surface area contributed by atoms with E-state index >= 15 is 0 Å². The average molecular weight is 496 g/mol. The molecule has 0 aromatic heterocycles. The molecular formula is C25H32Cl2N2O2S. The van der Waals surface area contributed by atoms with Crippen LogP contribution in [0.3, 0.4) is 0 Å². The van der Waals surface area contributed by atoms with Gasteiger partial charge in [-0.25, -0.2) is 0 Å². The van der Waals surface area contributed by atoms with Crippen molar-refractivity contribution in [1.82, 2.24) is 10.2 Å². The zero-order valence-corrected chi connectivity index (χ0v) is 21.3. The second-order valence-corrected chi connectivity index (χ2v) is 9.67. The maximum Gasteiger partial charge on any atom is 0.243 e. The van der Waals surface area contributed by atoms with E-state index in [-0.39, 0.29) is 24.4 Å². The van der Waals surface area contributed by atoms with Gasteiger partial charge in [0.2, 0.25) is 11.8 Å². The lowest BCUT2D eigenvalue weighted by atomic mass is 10.1. The van der Waals surface area contributed by atoms with Crippen LogP contribution in [0.5, 0.6) is 0 Å². The van der Waals surface area contributed by atoms with E-state index in [0.717, 1.165) is 12.2 Å². The number of nitrogens with zero attached hydrogens (tertiary/aromatic N) is 1. The van der Waals surface area contributed by atoms with Gasteiger partial charge < -0.3 is 10.2 Å². The van der Waals surface area contributed by atoms with Crippen LogP contribution in [0, 0.1) is 0 Å². The van der Waals surface area contributed by atoms with Crippen molar-refractivity contribution in [3.8, 4) is 0 Å². The zero-order valence-electron chi connectivity index (χ0n) is 18.9. The Morgan fingerprint density at radius 3 is 2.25 bits per heavy atom. The Kier molecular flexibility index (Phi) is 11.4. The van der Waals surface area contributed by atoms with E-state index in [4.69, 9.17) is 23.2 Å². The molecule has 4 nitrogen and oxygen atoms in total. The Labute approximate surface area is 206 Å². The number of nitrogens with one attached hydrogen (secondary N) is 1. The molecule has 32 heavy (non-hydrogen) atoms. The molecule has 1 N–H and O–H groups in total. The fourth-order valence-corrected chi connectivity index (χ4v) is 4.69. The van der Waals surface area contributed by atoms with Crippen molar-refractivity contribution in [2.75, 3.05) is 5.75 Å². The van der Waals surface area contributed by atoms with Crippen LogP contribution in [0.1, 0.15) is 51.2 Å². The molecule has 174 valence electrons. The summed E-state index contributed by atoms with van der Waals surface area (Å²) in [6.45, 7) is 6.09. The van der Waals surface area contributed by atoms with Crippen molar-refractivity contribution in [1.29, 1.82) is 0 Å². The number of thioether (sulfide) groups is 1. The van der Waals surface area contributed by atoms with Crippen molar-refractivity contribution in [2.45, 2.75) is 64.4 Å². The number of rotatable bonds is 12. The third kappa shape index (κ3) is 8.02. The molecule has 2 rings (SSSR count). The summed E-state index contributed by atoms with van der Waals surface area (Å²) in [6, 6.07) is 14.9. The maximum absolute atomic E-state index is 13.3. The van der Waals surface area contributed by atoms with Crippen LogP contribution in [0.2, 0.25) is 10.0 Å². The highest BCUT2D eigenvalue weighted by Crippen LogP contribution is 2.27. The predicted molar refractivity (Wildman–Crippen MR) is 136 cm³/mol. The SMILES string of the molecule is CCC(C)NC(=O)C(CC)N(Cc1c(Cl)cccc1Cl)C(=O)CCSCc1ccccc1. The van der Waals surface area contributed by atoms with E-state index in [1.165, 1.54) is 5.56 Å².